The van der Waals surface area contributed by atoms with E-state index in [1.54, 1.807) is 0 Å². The van der Waals surface area contributed by atoms with Gasteiger partial charge in [0.05, 0.1) is 13.2 Å². The lowest BCUT2D eigenvalue weighted by Gasteiger charge is -2.25. The Kier molecular flexibility index (Phi) is 5.51. The van der Waals surface area contributed by atoms with Crippen molar-refractivity contribution in [2.24, 2.45) is 5.84 Å². The number of amides is 1. The van der Waals surface area contributed by atoms with Crippen molar-refractivity contribution in [2.75, 3.05) is 19.8 Å². The van der Waals surface area contributed by atoms with E-state index < -0.39 is 0 Å². The van der Waals surface area contributed by atoms with Crippen LogP contribution in [-0.4, -0.2) is 31.8 Å². The van der Waals surface area contributed by atoms with E-state index in [1.165, 1.54) is 0 Å². The third kappa shape index (κ3) is 4.55. The number of hydrazine groups is 1. The number of nitrogens with two attached hydrogens (primary N) is 1. The molecule has 1 amide bonds. The summed E-state index contributed by atoms with van der Waals surface area (Å²) in [4.78, 5) is 10.7. The lowest BCUT2D eigenvalue weighted by Crippen LogP contribution is -2.36. The summed E-state index contributed by atoms with van der Waals surface area (Å²) >= 11 is 0. The van der Waals surface area contributed by atoms with Crippen LogP contribution in [0.15, 0.2) is 0 Å². The van der Waals surface area contributed by atoms with Gasteiger partial charge in [-0.25, -0.2) is 5.84 Å². The van der Waals surface area contributed by atoms with Crippen LogP contribution in [0.3, 0.4) is 0 Å². The van der Waals surface area contributed by atoms with Gasteiger partial charge in [-0.05, 0) is 12.8 Å². The SMILES string of the molecule is NNC(=O)CCCCCOC1COC1. The van der Waals surface area contributed by atoms with Crippen LogP contribution in [0.2, 0.25) is 0 Å². The van der Waals surface area contributed by atoms with Crippen molar-refractivity contribution in [3.63, 3.8) is 0 Å². The third-order valence-electron chi connectivity index (χ3n) is 2.17. The Morgan fingerprint density at radius 1 is 1.43 bits per heavy atom. The van der Waals surface area contributed by atoms with Crippen LogP contribution in [0.5, 0.6) is 0 Å². The van der Waals surface area contributed by atoms with E-state index in [4.69, 9.17) is 15.3 Å². The van der Waals surface area contributed by atoms with Gasteiger partial charge in [0, 0.05) is 13.0 Å². The van der Waals surface area contributed by atoms with E-state index in [9.17, 15) is 4.79 Å². The highest BCUT2D eigenvalue weighted by Gasteiger charge is 2.17. The lowest BCUT2D eigenvalue weighted by molar-refractivity contribution is -0.130. The number of nitrogens with one attached hydrogen (secondary N) is 1. The second-order valence-corrected chi connectivity index (χ2v) is 3.41. The Morgan fingerprint density at radius 2 is 2.21 bits per heavy atom. The molecule has 82 valence electrons. The largest absolute Gasteiger partial charge is 0.376 e. The molecule has 1 heterocycles. The summed E-state index contributed by atoms with van der Waals surface area (Å²) in [6, 6.07) is 0. The number of carbonyl (C=O) groups excluding carboxylic acids is 1. The maximum absolute atomic E-state index is 10.7. The van der Waals surface area contributed by atoms with Gasteiger partial charge in [-0.3, -0.25) is 10.2 Å². The van der Waals surface area contributed by atoms with Crippen molar-refractivity contribution in [2.45, 2.75) is 31.8 Å². The van der Waals surface area contributed by atoms with E-state index >= 15 is 0 Å². The molecule has 0 aromatic heterocycles. The molecule has 1 rings (SSSR count). The molecule has 0 aliphatic carbocycles. The van der Waals surface area contributed by atoms with Gasteiger partial charge in [0.2, 0.25) is 5.91 Å². The van der Waals surface area contributed by atoms with E-state index in [1.807, 2.05) is 0 Å². The van der Waals surface area contributed by atoms with Crippen molar-refractivity contribution in [3.05, 3.63) is 0 Å². The Labute approximate surface area is 83.9 Å². The summed E-state index contributed by atoms with van der Waals surface area (Å²) in [5.74, 6) is 4.84. The molecule has 0 aromatic rings. The fraction of sp³-hybridized carbons (Fsp3) is 0.889. The predicted octanol–water partition coefficient (Wildman–Crippen LogP) is -0.0479. The molecule has 0 unspecified atom stereocenters. The maximum Gasteiger partial charge on any atom is 0.233 e. The van der Waals surface area contributed by atoms with Gasteiger partial charge in [-0.2, -0.15) is 0 Å². The molecule has 3 N–H and O–H groups in total. The molecule has 14 heavy (non-hydrogen) atoms. The van der Waals surface area contributed by atoms with Gasteiger partial charge >= 0.3 is 0 Å². The number of hydrogen-bond donors (Lipinski definition) is 2. The van der Waals surface area contributed by atoms with Crippen LogP contribution in [-0.2, 0) is 14.3 Å². The number of hydrogen-bond acceptors (Lipinski definition) is 4. The summed E-state index contributed by atoms with van der Waals surface area (Å²) in [5, 5.41) is 0. The number of carbonyl (C=O) groups is 1. The average molecular weight is 202 g/mol. The van der Waals surface area contributed by atoms with Gasteiger partial charge in [-0.15, -0.1) is 0 Å². The van der Waals surface area contributed by atoms with E-state index in [-0.39, 0.29) is 5.91 Å². The maximum atomic E-state index is 10.7. The molecular weight excluding hydrogens is 184 g/mol. The third-order valence-corrected chi connectivity index (χ3v) is 2.17. The van der Waals surface area contributed by atoms with Crippen LogP contribution in [0.4, 0.5) is 0 Å². The van der Waals surface area contributed by atoms with Crippen LogP contribution in [0.25, 0.3) is 0 Å². The fourth-order valence-electron chi connectivity index (χ4n) is 1.20. The first-order valence-corrected chi connectivity index (χ1v) is 5.01. The first kappa shape index (κ1) is 11.4. The normalized spacial score (nSPS) is 16.4. The lowest BCUT2D eigenvalue weighted by atomic mass is 10.2. The summed E-state index contributed by atoms with van der Waals surface area (Å²) in [6.07, 6.45) is 3.67. The van der Waals surface area contributed by atoms with Crippen molar-refractivity contribution >= 4 is 5.91 Å². The molecule has 0 radical (unpaired) electrons. The number of rotatable bonds is 7. The van der Waals surface area contributed by atoms with Crippen LogP contribution < -0.4 is 11.3 Å². The number of ether oxygens (including phenoxy) is 2. The minimum atomic E-state index is -0.0988. The van der Waals surface area contributed by atoms with Gasteiger partial charge in [0.25, 0.3) is 0 Å². The summed E-state index contributed by atoms with van der Waals surface area (Å²) in [5.41, 5.74) is 2.11. The molecule has 5 heteroatoms. The molecule has 1 saturated heterocycles. The first-order chi connectivity index (χ1) is 6.83. The van der Waals surface area contributed by atoms with Crippen molar-refractivity contribution in [3.8, 4) is 0 Å². The minimum absolute atomic E-state index is 0.0988. The molecule has 1 aliphatic heterocycles. The van der Waals surface area contributed by atoms with E-state index in [0.717, 1.165) is 39.1 Å². The smallest absolute Gasteiger partial charge is 0.233 e. The topological polar surface area (TPSA) is 73.6 Å². The highest BCUT2D eigenvalue weighted by molar-refractivity contribution is 5.74. The Bertz CT molecular complexity index is 171. The quantitative estimate of drug-likeness (QED) is 0.263. The monoisotopic (exact) mass is 202 g/mol. The van der Waals surface area contributed by atoms with Crippen LogP contribution >= 0.6 is 0 Å². The minimum Gasteiger partial charge on any atom is -0.376 e. The standard InChI is InChI=1S/C9H18N2O3/c10-11-9(12)4-2-1-3-5-14-8-6-13-7-8/h8H,1-7,10H2,(H,11,12). The molecule has 0 bridgehead atoms. The average Bonchev–Trinajstić information content (AvgIpc) is 2.13. The van der Waals surface area contributed by atoms with Crippen molar-refractivity contribution < 1.29 is 14.3 Å². The highest BCUT2D eigenvalue weighted by Crippen LogP contribution is 2.07. The first-order valence-electron chi connectivity index (χ1n) is 5.01. The Morgan fingerprint density at radius 3 is 2.79 bits per heavy atom. The van der Waals surface area contributed by atoms with Crippen LogP contribution in [0.1, 0.15) is 25.7 Å². The van der Waals surface area contributed by atoms with Gasteiger partial charge in [0.1, 0.15) is 6.10 Å². The molecule has 0 aromatic carbocycles. The molecule has 1 fully saturated rings. The fourth-order valence-corrected chi connectivity index (χ4v) is 1.20. The molecule has 0 spiro atoms. The van der Waals surface area contributed by atoms with Crippen LogP contribution in [0, 0.1) is 0 Å². The van der Waals surface area contributed by atoms with Gasteiger partial charge < -0.3 is 9.47 Å². The Balaban J connectivity index is 1.77. The second-order valence-electron chi connectivity index (χ2n) is 3.41. The summed E-state index contributed by atoms with van der Waals surface area (Å²) in [7, 11) is 0. The Hall–Kier alpha value is -0.650. The second kappa shape index (κ2) is 6.75. The summed E-state index contributed by atoms with van der Waals surface area (Å²) in [6.45, 7) is 2.23. The molecule has 1 aliphatic rings. The molecular formula is C9H18N2O3. The van der Waals surface area contributed by atoms with Crippen molar-refractivity contribution in [1.29, 1.82) is 0 Å². The van der Waals surface area contributed by atoms with E-state index in [0.29, 0.717) is 12.5 Å². The number of unbranched alkanes of at least 4 members (excludes halogenated alkanes) is 2. The highest BCUT2D eigenvalue weighted by atomic mass is 16.6. The van der Waals surface area contributed by atoms with Crippen molar-refractivity contribution in [1.82, 2.24) is 5.43 Å². The van der Waals surface area contributed by atoms with Gasteiger partial charge in [-0.1, -0.05) is 6.42 Å². The zero-order valence-electron chi connectivity index (χ0n) is 8.33. The predicted molar refractivity (Wildman–Crippen MR) is 51.4 cm³/mol. The van der Waals surface area contributed by atoms with Gasteiger partial charge in [0.15, 0.2) is 0 Å². The van der Waals surface area contributed by atoms with E-state index in [2.05, 4.69) is 5.43 Å². The zero-order chi connectivity index (χ0) is 10.2. The molecule has 5 nitrogen and oxygen atoms in total. The molecule has 0 atom stereocenters. The molecule has 0 saturated carbocycles. The zero-order valence-corrected chi connectivity index (χ0v) is 8.33. The summed E-state index contributed by atoms with van der Waals surface area (Å²) < 4.78 is 10.4.